The van der Waals surface area contributed by atoms with E-state index in [4.69, 9.17) is 4.42 Å². The van der Waals surface area contributed by atoms with E-state index in [-0.39, 0.29) is 0 Å². The van der Waals surface area contributed by atoms with E-state index in [9.17, 15) is 8.42 Å². The molecule has 0 fully saturated rings. The Kier molecular flexibility index (Phi) is 4.22. The number of rotatable bonds is 4. The Bertz CT molecular complexity index is 803. The molecule has 1 atom stereocenters. The first kappa shape index (κ1) is 16.1. The van der Waals surface area contributed by atoms with E-state index < -0.39 is 16.3 Å². The largest absolute Gasteiger partial charge is 0.424 e. The minimum Gasteiger partial charge on any atom is -0.424 e. The first-order valence-corrected chi connectivity index (χ1v) is 8.93. The van der Waals surface area contributed by atoms with Crippen molar-refractivity contribution in [1.82, 2.24) is 18.8 Å². The molecule has 0 radical (unpaired) electrons. The molecule has 0 bridgehead atoms. The van der Waals surface area contributed by atoms with E-state index in [1.54, 1.807) is 20.9 Å². The molecule has 0 amide bonds. The van der Waals surface area contributed by atoms with Crippen molar-refractivity contribution in [2.24, 2.45) is 0 Å². The van der Waals surface area contributed by atoms with Gasteiger partial charge in [-0.05, 0) is 17.5 Å². The molecule has 8 heteroatoms. The molecule has 0 spiro atoms. The average molecular weight is 336 g/mol. The molecule has 1 aromatic heterocycles. The van der Waals surface area contributed by atoms with E-state index in [0.717, 1.165) is 11.1 Å². The third-order valence-electron chi connectivity index (χ3n) is 4.17. The zero-order chi connectivity index (χ0) is 16.6. The summed E-state index contributed by atoms with van der Waals surface area (Å²) in [6.45, 7) is 4.20. The lowest BCUT2D eigenvalue weighted by Crippen LogP contribution is -2.46. The van der Waals surface area contributed by atoms with Gasteiger partial charge in [0, 0.05) is 27.1 Å². The molecule has 1 aromatic carbocycles. The lowest BCUT2D eigenvalue weighted by molar-refractivity contribution is 0.234. The van der Waals surface area contributed by atoms with E-state index in [0.29, 0.717) is 31.3 Å². The third kappa shape index (κ3) is 2.89. The monoisotopic (exact) mass is 336 g/mol. The molecule has 0 aliphatic carbocycles. The number of benzene rings is 1. The Hall–Kier alpha value is -1.77. The van der Waals surface area contributed by atoms with E-state index >= 15 is 0 Å². The highest BCUT2D eigenvalue weighted by atomic mass is 32.2. The standard InChI is InChI=1S/C15H20N4O3S/c1-4-18(3)23(20,21)19-10-13-8-6-5-7-12(13)9-14(19)15-17-16-11(2)22-15/h5-8,14H,4,9-10H2,1-3H3. The van der Waals surface area contributed by atoms with Crippen LogP contribution in [0.4, 0.5) is 0 Å². The number of fused-ring (bicyclic) bond motifs is 1. The Morgan fingerprint density at radius 2 is 2.00 bits per heavy atom. The van der Waals surface area contributed by atoms with E-state index in [2.05, 4.69) is 10.2 Å². The summed E-state index contributed by atoms with van der Waals surface area (Å²) in [4.78, 5) is 0. The fourth-order valence-electron chi connectivity index (χ4n) is 2.74. The maximum Gasteiger partial charge on any atom is 0.282 e. The van der Waals surface area contributed by atoms with Gasteiger partial charge in [0.1, 0.15) is 6.04 Å². The molecule has 0 saturated carbocycles. The van der Waals surface area contributed by atoms with Gasteiger partial charge < -0.3 is 4.42 Å². The first-order chi connectivity index (χ1) is 10.9. The molecule has 124 valence electrons. The molecule has 0 saturated heterocycles. The van der Waals surface area contributed by atoms with Crippen molar-refractivity contribution in [3.05, 3.63) is 47.2 Å². The van der Waals surface area contributed by atoms with Crippen molar-refractivity contribution in [1.29, 1.82) is 0 Å². The second kappa shape index (κ2) is 6.03. The molecular formula is C15H20N4O3S. The van der Waals surface area contributed by atoms with Crippen LogP contribution in [-0.4, -0.2) is 40.8 Å². The zero-order valence-electron chi connectivity index (χ0n) is 13.4. The Morgan fingerprint density at radius 3 is 2.61 bits per heavy atom. The van der Waals surface area contributed by atoms with Crippen LogP contribution in [0, 0.1) is 6.92 Å². The summed E-state index contributed by atoms with van der Waals surface area (Å²) < 4.78 is 34.1. The van der Waals surface area contributed by atoms with Gasteiger partial charge in [-0.1, -0.05) is 31.2 Å². The Labute approximate surface area is 136 Å². The van der Waals surface area contributed by atoms with Crippen molar-refractivity contribution >= 4 is 10.2 Å². The number of aromatic nitrogens is 2. The molecule has 2 heterocycles. The number of hydrogen-bond acceptors (Lipinski definition) is 5. The smallest absolute Gasteiger partial charge is 0.282 e. The minimum absolute atomic E-state index is 0.301. The SMILES string of the molecule is CCN(C)S(=O)(=O)N1Cc2ccccc2CC1c1nnc(C)o1. The minimum atomic E-state index is -3.60. The van der Waals surface area contributed by atoms with Gasteiger partial charge in [0.25, 0.3) is 10.2 Å². The topological polar surface area (TPSA) is 79.5 Å². The van der Waals surface area contributed by atoms with Crippen LogP contribution in [-0.2, 0) is 23.2 Å². The summed E-state index contributed by atoms with van der Waals surface area (Å²) in [5.74, 6) is 0.769. The van der Waals surface area contributed by atoms with Crippen molar-refractivity contribution in [3.63, 3.8) is 0 Å². The number of nitrogens with zero attached hydrogens (tertiary/aromatic N) is 4. The van der Waals surface area contributed by atoms with Crippen LogP contribution in [0.2, 0.25) is 0 Å². The van der Waals surface area contributed by atoms with E-state index in [1.165, 1.54) is 8.61 Å². The average Bonchev–Trinajstić information content (AvgIpc) is 2.99. The van der Waals surface area contributed by atoms with Gasteiger partial charge in [0.2, 0.25) is 11.8 Å². The van der Waals surface area contributed by atoms with Gasteiger partial charge >= 0.3 is 0 Å². The Balaban J connectivity index is 2.06. The summed E-state index contributed by atoms with van der Waals surface area (Å²) in [6, 6.07) is 7.37. The zero-order valence-corrected chi connectivity index (χ0v) is 14.2. The summed E-state index contributed by atoms with van der Waals surface area (Å²) in [5, 5.41) is 7.90. The van der Waals surface area contributed by atoms with Crippen molar-refractivity contribution < 1.29 is 12.8 Å². The molecule has 1 aliphatic rings. The summed E-state index contributed by atoms with van der Waals surface area (Å²) in [5.41, 5.74) is 2.12. The predicted octanol–water partition coefficient (Wildman–Crippen LogP) is 1.67. The summed E-state index contributed by atoms with van der Waals surface area (Å²) >= 11 is 0. The molecule has 2 aromatic rings. The van der Waals surface area contributed by atoms with Crippen LogP contribution in [0.25, 0.3) is 0 Å². The maximum atomic E-state index is 12.9. The van der Waals surface area contributed by atoms with Crippen molar-refractivity contribution in [2.75, 3.05) is 13.6 Å². The molecule has 23 heavy (non-hydrogen) atoms. The first-order valence-electron chi connectivity index (χ1n) is 7.53. The van der Waals surface area contributed by atoms with Gasteiger partial charge in [0.05, 0.1) is 0 Å². The highest BCUT2D eigenvalue weighted by Gasteiger charge is 2.40. The fraction of sp³-hybridized carbons (Fsp3) is 0.467. The van der Waals surface area contributed by atoms with Gasteiger partial charge in [-0.2, -0.15) is 17.0 Å². The second-order valence-electron chi connectivity index (χ2n) is 5.62. The predicted molar refractivity (Wildman–Crippen MR) is 84.7 cm³/mol. The van der Waals surface area contributed by atoms with Crippen LogP contribution >= 0.6 is 0 Å². The van der Waals surface area contributed by atoms with Crippen LogP contribution < -0.4 is 0 Å². The third-order valence-corrected chi connectivity index (χ3v) is 6.19. The molecule has 3 rings (SSSR count). The Morgan fingerprint density at radius 1 is 1.30 bits per heavy atom. The van der Waals surface area contributed by atoms with Crippen LogP contribution in [0.5, 0.6) is 0 Å². The molecule has 0 N–H and O–H groups in total. The fourth-order valence-corrected chi connectivity index (χ4v) is 4.21. The van der Waals surface area contributed by atoms with Crippen molar-refractivity contribution in [2.45, 2.75) is 32.9 Å². The van der Waals surface area contributed by atoms with Crippen LogP contribution in [0.15, 0.2) is 28.7 Å². The van der Waals surface area contributed by atoms with Crippen LogP contribution in [0.3, 0.4) is 0 Å². The van der Waals surface area contributed by atoms with Gasteiger partial charge in [-0.3, -0.25) is 0 Å². The van der Waals surface area contributed by atoms with Gasteiger partial charge in [-0.15, -0.1) is 10.2 Å². The number of hydrogen-bond donors (Lipinski definition) is 0. The van der Waals surface area contributed by atoms with E-state index in [1.807, 2.05) is 24.3 Å². The maximum absolute atomic E-state index is 12.9. The summed E-state index contributed by atoms with van der Waals surface area (Å²) in [7, 11) is -2.03. The normalized spacial score (nSPS) is 19.0. The second-order valence-corrected chi connectivity index (χ2v) is 7.60. The van der Waals surface area contributed by atoms with Crippen LogP contribution in [0.1, 0.15) is 35.9 Å². The van der Waals surface area contributed by atoms with Gasteiger partial charge in [0.15, 0.2) is 0 Å². The molecular weight excluding hydrogens is 316 g/mol. The highest BCUT2D eigenvalue weighted by Crippen LogP contribution is 2.35. The number of aryl methyl sites for hydroxylation is 1. The van der Waals surface area contributed by atoms with Gasteiger partial charge in [-0.25, -0.2) is 0 Å². The molecule has 1 aliphatic heterocycles. The quantitative estimate of drug-likeness (QED) is 0.848. The highest BCUT2D eigenvalue weighted by molar-refractivity contribution is 7.86. The molecule has 7 nitrogen and oxygen atoms in total. The summed E-state index contributed by atoms with van der Waals surface area (Å²) in [6.07, 6.45) is 0.522. The van der Waals surface area contributed by atoms with Crippen molar-refractivity contribution in [3.8, 4) is 0 Å². The lowest BCUT2D eigenvalue weighted by atomic mass is 9.96. The molecule has 1 unspecified atom stereocenters. The lowest BCUT2D eigenvalue weighted by Gasteiger charge is -2.36.